The van der Waals surface area contributed by atoms with Crippen LogP contribution in [0.4, 0.5) is 28.9 Å². The Bertz CT molecular complexity index is 928. The van der Waals surface area contributed by atoms with E-state index in [9.17, 15) is 27.7 Å². The Kier molecular flexibility index (Phi) is 4.73. The summed E-state index contributed by atoms with van der Waals surface area (Å²) in [6.07, 6.45) is -4.39. The van der Waals surface area contributed by atoms with Gasteiger partial charge < -0.3 is 4.74 Å². The van der Waals surface area contributed by atoms with E-state index in [2.05, 4.69) is 5.10 Å². The van der Waals surface area contributed by atoms with Crippen LogP contribution in [0.3, 0.4) is 0 Å². The summed E-state index contributed by atoms with van der Waals surface area (Å²) in [5.74, 6) is -0.0909. The smallest absolute Gasteiger partial charge is 0.416 e. The number of nitro benzene ring substituents is 1. The van der Waals surface area contributed by atoms with Gasteiger partial charge in [-0.05, 0) is 30.3 Å². The predicted octanol–water partition coefficient (Wildman–Crippen LogP) is 4.38. The first-order chi connectivity index (χ1) is 12.7. The lowest BCUT2D eigenvalue weighted by Crippen LogP contribution is -2.21. The van der Waals surface area contributed by atoms with Gasteiger partial charge in [0.15, 0.2) is 0 Å². The maximum absolute atomic E-state index is 13.5. The van der Waals surface area contributed by atoms with Crippen molar-refractivity contribution in [3.05, 3.63) is 63.5 Å². The molecule has 1 aliphatic heterocycles. The average Bonchev–Trinajstić information content (AvgIpc) is 2.60. The van der Waals surface area contributed by atoms with E-state index < -0.39 is 28.2 Å². The number of nitrogens with zero attached hydrogens (tertiary/aromatic N) is 3. The van der Waals surface area contributed by atoms with Gasteiger partial charge in [-0.25, -0.2) is 4.39 Å². The molecular formula is C17H13F4N3O3. The summed E-state index contributed by atoms with van der Waals surface area (Å²) in [5, 5.41) is 16.6. The molecule has 0 aromatic heterocycles. The van der Waals surface area contributed by atoms with Gasteiger partial charge in [0.05, 0.1) is 22.8 Å². The summed E-state index contributed by atoms with van der Waals surface area (Å²) in [7, 11) is 1.37. The SMILES string of the molecule is CN(/N=C1/CCOc2ccc(F)cc21)c1ccc(C(F)(F)F)cc1[N+](=O)[O-]. The number of fused-ring (bicyclic) bond motifs is 1. The van der Waals surface area contributed by atoms with Gasteiger partial charge in [0.25, 0.3) is 5.69 Å². The van der Waals surface area contributed by atoms with E-state index in [0.29, 0.717) is 29.5 Å². The van der Waals surface area contributed by atoms with Gasteiger partial charge in [-0.15, -0.1) is 0 Å². The number of halogens is 4. The van der Waals surface area contributed by atoms with Crippen molar-refractivity contribution in [3.8, 4) is 5.75 Å². The Labute approximate surface area is 150 Å². The molecule has 10 heteroatoms. The molecule has 0 aliphatic carbocycles. The second-order valence-corrected chi connectivity index (χ2v) is 5.77. The summed E-state index contributed by atoms with van der Waals surface area (Å²) in [6.45, 7) is 0.278. The zero-order valence-corrected chi connectivity index (χ0v) is 14.0. The molecule has 0 unspecified atom stereocenters. The van der Waals surface area contributed by atoms with Crippen LogP contribution in [0.25, 0.3) is 0 Å². The molecule has 2 aromatic rings. The van der Waals surface area contributed by atoms with Crippen LogP contribution >= 0.6 is 0 Å². The fourth-order valence-corrected chi connectivity index (χ4v) is 2.70. The number of ether oxygens (including phenoxy) is 1. The maximum Gasteiger partial charge on any atom is 0.416 e. The predicted molar refractivity (Wildman–Crippen MR) is 89.6 cm³/mol. The highest BCUT2D eigenvalue weighted by Gasteiger charge is 2.33. The quantitative estimate of drug-likeness (QED) is 0.448. The van der Waals surface area contributed by atoms with Gasteiger partial charge in [0, 0.05) is 25.1 Å². The Hall–Kier alpha value is -3.17. The maximum atomic E-state index is 13.5. The van der Waals surface area contributed by atoms with Gasteiger partial charge in [-0.2, -0.15) is 18.3 Å². The van der Waals surface area contributed by atoms with E-state index in [0.717, 1.165) is 17.1 Å². The number of benzene rings is 2. The van der Waals surface area contributed by atoms with Crippen LogP contribution in [0.5, 0.6) is 5.75 Å². The lowest BCUT2D eigenvalue weighted by molar-refractivity contribution is -0.384. The monoisotopic (exact) mass is 383 g/mol. The van der Waals surface area contributed by atoms with Crippen molar-refractivity contribution in [2.45, 2.75) is 12.6 Å². The third kappa shape index (κ3) is 3.83. The van der Waals surface area contributed by atoms with Crippen molar-refractivity contribution < 1.29 is 27.2 Å². The topological polar surface area (TPSA) is 68.0 Å². The summed E-state index contributed by atoms with van der Waals surface area (Å²) in [4.78, 5) is 10.3. The molecule has 0 radical (unpaired) electrons. The Balaban J connectivity index is 2.02. The Morgan fingerprint density at radius 2 is 1.96 bits per heavy atom. The fraction of sp³-hybridized carbons (Fsp3) is 0.235. The summed E-state index contributed by atoms with van der Waals surface area (Å²) >= 11 is 0. The molecule has 0 saturated carbocycles. The number of rotatable bonds is 3. The normalized spacial score (nSPS) is 15.2. The lowest BCUT2D eigenvalue weighted by Gasteiger charge is -2.22. The molecule has 142 valence electrons. The first kappa shape index (κ1) is 18.6. The number of anilines is 1. The number of nitro groups is 1. The molecule has 3 rings (SSSR count). The standard InChI is InChI=1S/C17H13F4N3O3/c1-23(14-4-2-10(17(19,20)21)8-15(14)24(25)26)22-13-6-7-27-16-5-3-11(18)9-12(13)16/h2-5,8-9H,6-7H2,1H3/b22-13-. The van der Waals surface area contributed by atoms with Crippen molar-refractivity contribution in [3.63, 3.8) is 0 Å². The molecule has 0 spiro atoms. The molecule has 0 saturated heterocycles. The van der Waals surface area contributed by atoms with Gasteiger partial charge in [0.1, 0.15) is 17.3 Å². The molecule has 1 aliphatic rings. The highest BCUT2D eigenvalue weighted by molar-refractivity contribution is 6.04. The number of alkyl halides is 3. The van der Waals surface area contributed by atoms with Crippen LogP contribution in [-0.2, 0) is 6.18 Å². The van der Waals surface area contributed by atoms with E-state index in [-0.39, 0.29) is 12.3 Å². The molecule has 0 atom stereocenters. The molecule has 0 N–H and O–H groups in total. The first-order valence-corrected chi connectivity index (χ1v) is 7.76. The molecule has 1 heterocycles. The fourth-order valence-electron chi connectivity index (χ4n) is 2.70. The zero-order chi connectivity index (χ0) is 19.8. The van der Waals surface area contributed by atoms with Crippen LogP contribution in [-0.4, -0.2) is 24.3 Å². The van der Waals surface area contributed by atoms with Crippen molar-refractivity contribution in [2.24, 2.45) is 5.10 Å². The van der Waals surface area contributed by atoms with Crippen molar-refractivity contribution in [1.29, 1.82) is 0 Å². The second kappa shape index (κ2) is 6.86. The average molecular weight is 383 g/mol. The second-order valence-electron chi connectivity index (χ2n) is 5.77. The molecule has 2 aromatic carbocycles. The molecule has 0 fully saturated rings. The number of hydrogen-bond donors (Lipinski definition) is 0. The number of hydrazone groups is 1. The van der Waals surface area contributed by atoms with Crippen LogP contribution in [0.15, 0.2) is 41.5 Å². The molecule has 27 heavy (non-hydrogen) atoms. The minimum absolute atomic E-state index is 0.120. The summed E-state index contributed by atoms with van der Waals surface area (Å²) in [6, 6.07) is 6.09. The van der Waals surface area contributed by atoms with Gasteiger partial charge in [-0.1, -0.05) is 0 Å². The number of hydrogen-bond acceptors (Lipinski definition) is 5. The highest BCUT2D eigenvalue weighted by Crippen LogP contribution is 2.36. The van der Waals surface area contributed by atoms with Gasteiger partial charge in [0.2, 0.25) is 0 Å². The summed E-state index contributed by atoms with van der Waals surface area (Å²) in [5.41, 5.74) is -1.18. The van der Waals surface area contributed by atoms with Crippen LogP contribution < -0.4 is 9.75 Å². The third-order valence-electron chi connectivity index (χ3n) is 3.97. The highest BCUT2D eigenvalue weighted by atomic mass is 19.4. The van der Waals surface area contributed by atoms with E-state index in [4.69, 9.17) is 4.74 Å². The first-order valence-electron chi connectivity index (χ1n) is 7.76. The van der Waals surface area contributed by atoms with E-state index >= 15 is 0 Å². The molecule has 0 amide bonds. The van der Waals surface area contributed by atoms with Crippen LogP contribution in [0, 0.1) is 15.9 Å². The Morgan fingerprint density at radius 1 is 1.22 bits per heavy atom. The largest absolute Gasteiger partial charge is 0.492 e. The van der Waals surface area contributed by atoms with Gasteiger partial charge in [-0.3, -0.25) is 15.1 Å². The Morgan fingerprint density at radius 3 is 2.63 bits per heavy atom. The van der Waals surface area contributed by atoms with E-state index in [1.165, 1.54) is 25.2 Å². The van der Waals surface area contributed by atoms with Crippen molar-refractivity contribution >= 4 is 17.1 Å². The van der Waals surface area contributed by atoms with Crippen LogP contribution in [0.2, 0.25) is 0 Å². The van der Waals surface area contributed by atoms with E-state index in [1.807, 2.05) is 0 Å². The minimum Gasteiger partial charge on any atom is -0.492 e. The minimum atomic E-state index is -4.70. The van der Waals surface area contributed by atoms with Gasteiger partial charge >= 0.3 is 6.18 Å². The molecule has 6 nitrogen and oxygen atoms in total. The molecular weight excluding hydrogens is 370 g/mol. The van der Waals surface area contributed by atoms with Crippen LogP contribution in [0.1, 0.15) is 17.5 Å². The van der Waals surface area contributed by atoms with Crippen molar-refractivity contribution in [2.75, 3.05) is 18.7 Å². The lowest BCUT2D eigenvalue weighted by atomic mass is 10.0. The van der Waals surface area contributed by atoms with E-state index in [1.54, 1.807) is 0 Å². The third-order valence-corrected chi connectivity index (χ3v) is 3.97. The zero-order valence-electron chi connectivity index (χ0n) is 14.0. The summed E-state index contributed by atoms with van der Waals surface area (Å²) < 4.78 is 57.4. The molecule has 0 bridgehead atoms. The van der Waals surface area contributed by atoms with Crippen molar-refractivity contribution in [1.82, 2.24) is 0 Å².